The molecular formula is C11H22N2O. The molecule has 1 unspecified atom stereocenters. The fourth-order valence-electron chi connectivity index (χ4n) is 1.88. The molecule has 14 heavy (non-hydrogen) atoms. The molecule has 2 fully saturated rings. The van der Waals surface area contributed by atoms with Crippen molar-refractivity contribution >= 4 is 0 Å². The lowest BCUT2D eigenvalue weighted by atomic mass is 10.1. The molecule has 0 aromatic carbocycles. The summed E-state index contributed by atoms with van der Waals surface area (Å²) in [5.74, 6) is 0. The molecule has 1 aliphatic heterocycles. The first kappa shape index (κ1) is 10.4. The summed E-state index contributed by atoms with van der Waals surface area (Å²) in [5.41, 5.74) is 0. The van der Waals surface area contributed by atoms with Gasteiger partial charge in [0.2, 0.25) is 0 Å². The maximum absolute atomic E-state index is 5.64. The summed E-state index contributed by atoms with van der Waals surface area (Å²) in [5, 5.41) is 6.94. The van der Waals surface area contributed by atoms with Crippen molar-refractivity contribution in [2.45, 2.75) is 44.2 Å². The third-order valence-corrected chi connectivity index (χ3v) is 2.96. The van der Waals surface area contributed by atoms with Crippen molar-refractivity contribution in [3.63, 3.8) is 0 Å². The highest BCUT2D eigenvalue weighted by Crippen LogP contribution is 2.17. The predicted octanol–water partition coefficient (Wildman–Crippen LogP) is 0.897. The third-order valence-electron chi connectivity index (χ3n) is 2.96. The van der Waals surface area contributed by atoms with Crippen molar-refractivity contribution in [2.75, 3.05) is 26.2 Å². The molecule has 1 atom stereocenters. The van der Waals surface area contributed by atoms with Crippen LogP contribution in [0.2, 0.25) is 0 Å². The largest absolute Gasteiger partial charge is 0.377 e. The Labute approximate surface area is 86.6 Å². The van der Waals surface area contributed by atoms with Crippen LogP contribution in [-0.2, 0) is 4.74 Å². The standard InChI is InChI=1S/C11H22N2O/c1-2-8-14-11(3-1)9-12-6-7-13-10-4-5-10/h10-13H,1-9H2. The van der Waals surface area contributed by atoms with E-state index in [-0.39, 0.29) is 0 Å². The summed E-state index contributed by atoms with van der Waals surface area (Å²) in [4.78, 5) is 0. The Kier molecular flexibility index (Phi) is 4.22. The zero-order valence-electron chi connectivity index (χ0n) is 8.93. The highest BCUT2D eigenvalue weighted by Gasteiger charge is 2.19. The Morgan fingerprint density at radius 3 is 2.71 bits per heavy atom. The quantitative estimate of drug-likeness (QED) is 0.622. The number of ether oxygens (including phenoxy) is 1. The van der Waals surface area contributed by atoms with Gasteiger partial charge in [-0.3, -0.25) is 0 Å². The Bertz CT molecular complexity index is 153. The molecule has 0 spiro atoms. The Morgan fingerprint density at radius 1 is 1.07 bits per heavy atom. The van der Waals surface area contributed by atoms with Gasteiger partial charge >= 0.3 is 0 Å². The Balaban J connectivity index is 1.41. The van der Waals surface area contributed by atoms with Crippen LogP contribution in [0.5, 0.6) is 0 Å². The molecule has 3 nitrogen and oxygen atoms in total. The van der Waals surface area contributed by atoms with Gasteiger partial charge in [-0.2, -0.15) is 0 Å². The lowest BCUT2D eigenvalue weighted by Crippen LogP contribution is -2.36. The fourth-order valence-corrected chi connectivity index (χ4v) is 1.88. The van der Waals surface area contributed by atoms with Crippen LogP contribution < -0.4 is 10.6 Å². The van der Waals surface area contributed by atoms with Crippen molar-refractivity contribution in [3.05, 3.63) is 0 Å². The van der Waals surface area contributed by atoms with E-state index >= 15 is 0 Å². The van der Waals surface area contributed by atoms with E-state index in [1.807, 2.05) is 0 Å². The van der Waals surface area contributed by atoms with Crippen molar-refractivity contribution in [1.82, 2.24) is 10.6 Å². The van der Waals surface area contributed by atoms with E-state index in [2.05, 4.69) is 10.6 Å². The third kappa shape index (κ3) is 3.95. The molecule has 0 bridgehead atoms. The first-order chi connectivity index (χ1) is 6.95. The molecule has 2 rings (SSSR count). The average molecular weight is 198 g/mol. The summed E-state index contributed by atoms with van der Waals surface area (Å²) in [6.45, 7) is 4.19. The van der Waals surface area contributed by atoms with Crippen LogP contribution in [0.1, 0.15) is 32.1 Å². The van der Waals surface area contributed by atoms with Crippen molar-refractivity contribution in [2.24, 2.45) is 0 Å². The molecule has 0 aromatic rings. The number of nitrogens with one attached hydrogen (secondary N) is 2. The summed E-state index contributed by atoms with van der Waals surface area (Å²) in [6, 6.07) is 0.836. The van der Waals surface area contributed by atoms with E-state index in [1.54, 1.807) is 0 Å². The van der Waals surface area contributed by atoms with Gasteiger partial charge in [-0.25, -0.2) is 0 Å². The molecule has 1 heterocycles. The van der Waals surface area contributed by atoms with Crippen LogP contribution in [0.25, 0.3) is 0 Å². The molecule has 0 amide bonds. The van der Waals surface area contributed by atoms with E-state index in [0.29, 0.717) is 6.10 Å². The van der Waals surface area contributed by atoms with E-state index < -0.39 is 0 Å². The van der Waals surface area contributed by atoms with E-state index in [9.17, 15) is 0 Å². The van der Waals surface area contributed by atoms with Crippen molar-refractivity contribution in [3.8, 4) is 0 Å². The summed E-state index contributed by atoms with van der Waals surface area (Å²) in [7, 11) is 0. The monoisotopic (exact) mass is 198 g/mol. The molecule has 3 heteroatoms. The average Bonchev–Trinajstić information content (AvgIpc) is 3.03. The van der Waals surface area contributed by atoms with Gasteiger partial charge in [-0.1, -0.05) is 0 Å². The van der Waals surface area contributed by atoms with Crippen molar-refractivity contribution in [1.29, 1.82) is 0 Å². The molecule has 1 saturated carbocycles. The molecule has 0 aromatic heterocycles. The Morgan fingerprint density at radius 2 is 2.00 bits per heavy atom. The van der Waals surface area contributed by atoms with E-state index in [4.69, 9.17) is 4.74 Å². The van der Waals surface area contributed by atoms with E-state index in [1.165, 1.54) is 32.1 Å². The fraction of sp³-hybridized carbons (Fsp3) is 1.00. The predicted molar refractivity (Wildman–Crippen MR) is 57.5 cm³/mol. The maximum Gasteiger partial charge on any atom is 0.0699 e. The topological polar surface area (TPSA) is 33.3 Å². The minimum absolute atomic E-state index is 0.477. The minimum atomic E-state index is 0.477. The van der Waals surface area contributed by atoms with Crippen LogP contribution >= 0.6 is 0 Å². The smallest absolute Gasteiger partial charge is 0.0699 e. The molecular weight excluding hydrogens is 176 g/mol. The molecule has 2 N–H and O–H groups in total. The molecule has 82 valence electrons. The van der Waals surface area contributed by atoms with Crippen LogP contribution in [0, 0.1) is 0 Å². The molecule has 2 aliphatic rings. The van der Waals surface area contributed by atoms with Gasteiger partial charge < -0.3 is 15.4 Å². The Hall–Kier alpha value is -0.120. The van der Waals surface area contributed by atoms with Crippen LogP contribution in [-0.4, -0.2) is 38.4 Å². The van der Waals surface area contributed by atoms with E-state index in [0.717, 1.165) is 32.3 Å². The second-order valence-corrected chi connectivity index (χ2v) is 4.42. The zero-order valence-corrected chi connectivity index (χ0v) is 8.93. The van der Waals surface area contributed by atoms with Gasteiger partial charge in [0.1, 0.15) is 0 Å². The summed E-state index contributed by atoms with van der Waals surface area (Å²) >= 11 is 0. The number of hydrogen-bond acceptors (Lipinski definition) is 3. The lowest BCUT2D eigenvalue weighted by molar-refractivity contribution is 0.0171. The van der Waals surface area contributed by atoms with Gasteiger partial charge in [0.15, 0.2) is 0 Å². The second kappa shape index (κ2) is 5.69. The normalized spacial score (nSPS) is 27.9. The minimum Gasteiger partial charge on any atom is -0.377 e. The van der Waals surface area contributed by atoms with Crippen LogP contribution in [0.3, 0.4) is 0 Å². The lowest BCUT2D eigenvalue weighted by Gasteiger charge is -2.22. The summed E-state index contributed by atoms with van der Waals surface area (Å²) < 4.78 is 5.64. The molecule has 0 radical (unpaired) electrons. The molecule has 1 saturated heterocycles. The van der Waals surface area contributed by atoms with Gasteiger partial charge in [-0.05, 0) is 32.1 Å². The maximum atomic E-state index is 5.64. The summed E-state index contributed by atoms with van der Waals surface area (Å²) in [6.07, 6.45) is 7.07. The molecule has 1 aliphatic carbocycles. The number of rotatable bonds is 6. The zero-order chi connectivity index (χ0) is 9.64. The van der Waals surface area contributed by atoms with Gasteiger partial charge in [0.05, 0.1) is 6.10 Å². The highest BCUT2D eigenvalue weighted by molar-refractivity contribution is 4.80. The first-order valence-corrected chi connectivity index (χ1v) is 6.01. The van der Waals surface area contributed by atoms with Crippen molar-refractivity contribution < 1.29 is 4.74 Å². The van der Waals surface area contributed by atoms with Crippen LogP contribution in [0.15, 0.2) is 0 Å². The van der Waals surface area contributed by atoms with Gasteiger partial charge in [0.25, 0.3) is 0 Å². The van der Waals surface area contributed by atoms with Gasteiger partial charge in [-0.15, -0.1) is 0 Å². The first-order valence-electron chi connectivity index (χ1n) is 6.01. The SMILES string of the molecule is C1CCC(CNCCNC2CC2)OC1. The highest BCUT2D eigenvalue weighted by atomic mass is 16.5. The number of hydrogen-bond donors (Lipinski definition) is 2. The second-order valence-electron chi connectivity index (χ2n) is 4.42. The van der Waals surface area contributed by atoms with Crippen LogP contribution in [0.4, 0.5) is 0 Å². The van der Waals surface area contributed by atoms with Gasteiger partial charge in [0, 0.05) is 32.3 Å².